The average molecular weight is 313 g/mol. The van der Waals surface area contributed by atoms with Crippen molar-refractivity contribution in [2.45, 2.75) is 20.8 Å². The first-order chi connectivity index (χ1) is 11.0. The van der Waals surface area contributed by atoms with E-state index in [0.717, 1.165) is 22.6 Å². The third kappa shape index (κ3) is 4.25. The molecule has 0 bridgehead atoms. The first kappa shape index (κ1) is 16.9. The average Bonchev–Trinajstić information content (AvgIpc) is 2.57. The number of aryl methyl sites for hydroxylation is 2. The second-order valence-corrected chi connectivity index (χ2v) is 5.49. The SMILES string of the molecule is COc1ccc(C(=O)NCCOc2c(C)ccc(C)c2C)cc1. The highest BCUT2D eigenvalue weighted by atomic mass is 16.5. The fraction of sp³-hybridized carbons (Fsp3) is 0.316. The molecule has 0 heterocycles. The van der Waals surface area contributed by atoms with Crippen LogP contribution in [0.15, 0.2) is 36.4 Å². The predicted octanol–water partition coefficient (Wildman–Crippen LogP) is 3.43. The predicted molar refractivity (Wildman–Crippen MR) is 91.5 cm³/mol. The lowest BCUT2D eigenvalue weighted by Gasteiger charge is -2.14. The Kier molecular flexibility index (Phi) is 5.63. The van der Waals surface area contributed by atoms with Crippen LogP contribution in [-0.4, -0.2) is 26.2 Å². The summed E-state index contributed by atoms with van der Waals surface area (Å²) in [5.41, 5.74) is 4.06. The highest BCUT2D eigenvalue weighted by molar-refractivity contribution is 5.94. The fourth-order valence-electron chi connectivity index (χ4n) is 2.31. The molecule has 0 fully saturated rings. The highest BCUT2D eigenvalue weighted by Crippen LogP contribution is 2.25. The Labute approximate surface area is 137 Å². The molecule has 122 valence electrons. The Bertz CT molecular complexity index is 678. The van der Waals surface area contributed by atoms with E-state index in [-0.39, 0.29) is 5.91 Å². The topological polar surface area (TPSA) is 47.6 Å². The van der Waals surface area contributed by atoms with Gasteiger partial charge in [-0.3, -0.25) is 4.79 Å². The van der Waals surface area contributed by atoms with Crippen LogP contribution in [0.25, 0.3) is 0 Å². The number of hydrogen-bond donors (Lipinski definition) is 1. The van der Waals surface area contributed by atoms with Gasteiger partial charge in [-0.1, -0.05) is 12.1 Å². The van der Waals surface area contributed by atoms with Crippen LogP contribution >= 0.6 is 0 Å². The molecule has 2 rings (SSSR count). The van der Waals surface area contributed by atoms with Crippen LogP contribution in [0, 0.1) is 20.8 Å². The van der Waals surface area contributed by atoms with Crippen molar-refractivity contribution in [3.8, 4) is 11.5 Å². The van der Waals surface area contributed by atoms with Crippen molar-refractivity contribution in [1.82, 2.24) is 5.32 Å². The number of nitrogens with one attached hydrogen (secondary N) is 1. The molecule has 0 aliphatic rings. The van der Waals surface area contributed by atoms with Crippen LogP contribution in [0.1, 0.15) is 27.0 Å². The molecule has 0 aliphatic heterocycles. The second-order valence-electron chi connectivity index (χ2n) is 5.49. The van der Waals surface area contributed by atoms with E-state index in [1.165, 1.54) is 5.56 Å². The maximum Gasteiger partial charge on any atom is 0.251 e. The summed E-state index contributed by atoms with van der Waals surface area (Å²) in [6, 6.07) is 11.2. The maximum absolute atomic E-state index is 12.0. The fourth-order valence-corrected chi connectivity index (χ4v) is 2.31. The lowest BCUT2D eigenvalue weighted by molar-refractivity contribution is 0.0947. The molecular weight excluding hydrogens is 290 g/mol. The molecule has 0 aromatic heterocycles. The van der Waals surface area contributed by atoms with Crippen molar-refractivity contribution in [3.05, 3.63) is 58.7 Å². The molecule has 0 aliphatic carbocycles. The Morgan fingerprint density at radius 1 is 1.00 bits per heavy atom. The molecule has 0 saturated carbocycles. The van der Waals surface area contributed by atoms with E-state index < -0.39 is 0 Å². The van der Waals surface area contributed by atoms with E-state index >= 15 is 0 Å². The molecule has 0 spiro atoms. The molecule has 2 aromatic rings. The molecule has 0 unspecified atom stereocenters. The summed E-state index contributed by atoms with van der Waals surface area (Å²) in [7, 11) is 1.60. The minimum atomic E-state index is -0.117. The van der Waals surface area contributed by atoms with Crippen LogP contribution in [0.4, 0.5) is 0 Å². The van der Waals surface area contributed by atoms with Gasteiger partial charge >= 0.3 is 0 Å². The van der Waals surface area contributed by atoms with E-state index in [4.69, 9.17) is 9.47 Å². The smallest absolute Gasteiger partial charge is 0.251 e. The summed E-state index contributed by atoms with van der Waals surface area (Å²) in [5.74, 6) is 1.52. The number of ether oxygens (including phenoxy) is 2. The molecule has 0 atom stereocenters. The van der Waals surface area contributed by atoms with Gasteiger partial charge in [-0.15, -0.1) is 0 Å². The van der Waals surface area contributed by atoms with Crippen LogP contribution in [-0.2, 0) is 0 Å². The molecule has 4 nitrogen and oxygen atoms in total. The third-order valence-electron chi connectivity index (χ3n) is 3.86. The van der Waals surface area contributed by atoms with E-state index in [2.05, 4.69) is 18.3 Å². The zero-order valence-corrected chi connectivity index (χ0v) is 14.1. The Morgan fingerprint density at radius 3 is 2.30 bits per heavy atom. The van der Waals surface area contributed by atoms with Gasteiger partial charge in [0.15, 0.2) is 0 Å². The number of carbonyl (C=O) groups is 1. The quantitative estimate of drug-likeness (QED) is 0.831. The summed E-state index contributed by atoms with van der Waals surface area (Å²) >= 11 is 0. The van der Waals surface area contributed by atoms with Gasteiger partial charge in [0.2, 0.25) is 0 Å². The number of carbonyl (C=O) groups excluding carboxylic acids is 1. The molecule has 23 heavy (non-hydrogen) atoms. The van der Waals surface area contributed by atoms with Crippen molar-refractivity contribution in [3.63, 3.8) is 0 Å². The summed E-state index contributed by atoms with van der Waals surface area (Å²) in [6.07, 6.45) is 0. The molecule has 1 amide bonds. The third-order valence-corrected chi connectivity index (χ3v) is 3.86. The van der Waals surface area contributed by atoms with E-state index in [1.54, 1.807) is 31.4 Å². The molecule has 1 N–H and O–H groups in total. The monoisotopic (exact) mass is 313 g/mol. The van der Waals surface area contributed by atoms with Crippen molar-refractivity contribution < 1.29 is 14.3 Å². The maximum atomic E-state index is 12.0. The Morgan fingerprint density at radius 2 is 1.65 bits per heavy atom. The molecular formula is C19H23NO3. The Hall–Kier alpha value is -2.49. The lowest BCUT2D eigenvalue weighted by atomic mass is 10.1. The molecule has 0 radical (unpaired) electrons. The standard InChI is InChI=1S/C19H23NO3/c1-13-5-6-14(2)18(15(13)3)23-12-11-20-19(21)16-7-9-17(22-4)10-8-16/h5-10H,11-12H2,1-4H3,(H,20,21). The minimum absolute atomic E-state index is 0.117. The summed E-state index contributed by atoms with van der Waals surface area (Å²) in [5, 5.41) is 2.86. The highest BCUT2D eigenvalue weighted by Gasteiger charge is 2.08. The van der Waals surface area contributed by atoms with Crippen molar-refractivity contribution in [2.24, 2.45) is 0 Å². The number of methoxy groups -OCH3 is 1. The largest absolute Gasteiger partial charge is 0.497 e. The van der Waals surface area contributed by atoms with Gasteiger partial charge in [0.25, 0.3) is 5.91 Å². The van der Waals surface area contributed by atoms with Crippen LogP contribution in [0.5, 0.6) is 11.5 Å². The molecule has 2 aromatic carbocycles. The van der Waals surface area contributed by atoms with Gasteiger partial charge in [0, 0.05) is 5.56 Å². The number of amides is 1. The van der Waals surface area contributed by atoms with Gasteiger partial charge in [0.05, 0.1) is 13.7 Å². The van der Waals surface area contributed by atoms with E-state index in [9.17, 15) is 4.79 Å². The normalized spacial score (nSPS) is 10.3. The lowest BCUT2D eigenvalue weighted by Crippen LogP contribution is -2.28. The van der Waals surface area contributed by atoms with E-state index in [1.807, 2.05) is 19.9 Å². The van der Waals surface area contributed by atoms with Gasteiger partial charge in [0.1, 0.15) is 18.1 Å². The molecule has 4 heteroatoms. The van der Waals surface area contributed by atoms with Gasteiger partial charge in [-0.05, 0) is 61.7 Å². The van der Waals surface area contributed by atoms with Gasteiger partial charge in [-0.25, -0.2) is 0 Å². The Balaban J connectivity index is 1.85. The minimum Gasteiger partial charge on any atom is -0.497 e. The van der Waals surface area contributed by atoms with Crippen LogP contribution in [0.2, 0.25) is 0 Å². The van der Waals surface area contributed by atoms with Crippen molar-refractivity contribution in [2.75, 3.05) is 20.3 Å². The number of rotatable bonds is 6. The van der Waals surface area contributed by atoms with E-state index in [0.29, 0.717) is 18.7 Å². The van der Waals surface area contributed by atoms with Gasteiger partial charge in [-0.2, -0.15) is 0 Å². The zero-order chi connectivity index (χ0) is 16.8. The summed E-state index contributed by atoms with van der Waals surface area (Å²) < 4.78 is 10.9. The summed E-state index contributed by atoms with van der Waals surface area (Å²) in [4.78, 5) is 12.0. The second kappa shape index (κ2) is 7.68. The number of hydrogen-bond acceptors (Lipinski definition) is 3. The number of benzene rings is 2. The summed E-state index contributed by atoms with van der Waals surface area (Å²) in [6.45, 7) is 7.03. The van der Waals surface area contributed by atoms with Crippen molar-refractivity contribution >= 4 is 5.91 Å². The first-order valence-corrected chi connectivity index (χ1v) is 7.64. The zero-order valence-electron chi connectivity index (χ0n) is 14.1. The van der Waals surface area contributed by atoms with Crippen LogP contribution < -0.4 is 14.8 Å². The van der Waals surface area contributed by atoms with Crippen molar-refractivity contribution in [1.29, 1.82) is 0 Å². The van der Waals surface area contributed by atoms with Crippen LogP contribution in [0.3, 0.4) is 0 Å². The van der Waals surface area contributed by atoms with Gasteiger partial charge < -0.3 is 14.8 Å². The molecule has 0 saturated heterocycles. The first-order valence-electron chi connectivity index (χ1n) is 7.64.